The topological polar surface area (TPSA) is 58.6 Å². The van der Waals surface area contributed by atoms with Gasteiger partial charge >= 0.3 is 0 Å². The Morgan fingerprint density at radius 3 is 2.71 bits per heavy atom. The lowest BCUT2D eigenvalue weighted by molar-refractivity contribution is -0.140. The van der Waals surface area contributed by atoms with Crippen LogP contribution in [0, 0.1) is 11.8 Å². The fraction of sp³-hybridized carbons (Fsp3) is 0.368. The zero-order chi connectivity index (χ0) is 16.7. The van der Waals surface area contributed by atoms with E-state index in [1.54, 1.807) is 7.11 Å². The Morgan fingerprint density at radius 2 is 2.00 bits per heavy atom. The van der Waals surface area contributed by atoms with E-state index in [0.717, 1.165) is 17.8 Å². The number of amides is 2. The lowest BCUT2D eigenvalue weighted by atomic mass is 9.68. The summed E-state index contributed by atoms with van der Waals surface area (Å²) in [6.45, 7) is 1.98. The molecule has 124 valence electrons. The molecule has 0 spiro atoms. The van der Waals surface area contributed by atoms with Gasteiger partial charge in [-0.05, 0) is 5.57 Å². The maximum Gasteiger partial charge on any atom is 0.261 e. The molecule has 24 heavy (non-hydrogen) atoms. The number of nitrogens with one attached hydrogen (secondary N) is 1. The van der Waals surface area contributed by atoms with Crippen molar-refractivity contribution in [3.05, 3.63) is 58.9 Å². The normalized spacial score (nSPS) is 28.8. The van der Waals surface area contributed by atoms with Crippen LogP contribution in [0.3, 0.4) is 0 Å². The zero-order valence-electron chi connectivity index (χ0n) is 13.6. The first-order chi connectivity index (χ1) is 11.7. The molecule has 0 saturated carbocycles. The molecule has 0 bridgehead atoms. The molecule has 2 heterocycles. The van der Waals surface area contributed by atoms with Crippen molar-refractivity contribution >= 4 is 11.8 Å². The SMILES string of the molecule is COCC1=CC=C2C(=O)N(C3=CCNCC3)C(=O)C3=CC=CC1C32. The molecule has 1 N–H and O–H groups in total. The van der Waals surface area contributed by atoms with Gasteiger partial charge in [-0.25, -0.2) is 4.90 Å². The number of carbonyl (C=O) groups excluding carboxylic acids is 2. The fourth-order valence-corrected chi connectivity index (χ4v) is 3.94. The molecule has 2 atom stereocenters. The van der Waals surface area contributed by atoms with Crippen LogP contribution < -0.4 is 5.32 Å². The molecule has 0 radical (unpaired) electrons. The lowest BCUT2D eigenvalue weighted by Crippen LogP contribution is -2.49. The molecule has 5 nitrogen and oxygen atoms in total. The van der Waals surface area contributed by atoms with Crippen LogP contribution >= 0.6 is 0 Å². The molecule has 2 aliphatic carbocycles. The van der Waals surface area contributed by atoms with E-state index in [-0.39, 0.29) is 23.7 Å². The molecule has 2 amide bonds. The standard InChI is InChI=1S/C19H20N2O3/c1-24-11-12-5-6-16-17-14(12)3-2-4-15(17)18(22)21(19(16)23)13-7-9-20-10-8-13/h2-7,14,17,20H,8-11H2,1H3. The summed E-state index contributed by atoms with van der Waals surface area (Å²) in [5.41, 5.74) is 3.31. The smallest absolute Gasteiger partial charge is 0.261 e. The van der Waals surface area contributed by atoms with E-state index in [9.17, 15) is 9.59 Å². The molecule has 4 aliphatic rings. The predicted octanol–water partition coefficient (Wildman–Crippen LogP) is 1.47. The highest BCUT2D eigenvalue weighted by Crippen LogP contribution is 2.44. The van der Waals surface area contributed by atoms with E-state index in [1.807, 2.05) is 30.4 Å². The minimum atomic E-state index is -0.177. The van der Waals surface area contributed by atoms with Crippen molar-refractivity contribution < 1.29 is 14.3 Å². The number of rotatable bonds is 3. The second kappa shape index (κ2) is 6.00. The number of ether oxygens (including phenoxy) is 1. The maximum atomic E-state index is 13.0. The number of hydrogen-bond donors (Lipinski definition) is 1. The molecule has 0 aromatic rings. The van der Waals surface area contributed by atoms with Gasteiger partial charge in [0.15, 0.2) is 0 Å². The second-order valence-electron chi connectivity index (χ2n) is 6.40. The number of allylic oxidation sites excluding steroid dienone is 5. The Balaban J connectivity index is 1.78. The van der Waals surface area contributed by atoms with Crippen molar-refractivity contribution in [2.24, 2.45) is 11.8 Å². The summed E-state index contributed by atoms with van der Waals surface area (Å²) in [6, 6.07) is 0. The summed E-state index contributed by atoms with van der Waals surface area (Å²) < 4.78 is 5.28. The predicted molar refractivity (Wildman–Crippen MR) is 89.7 cm³/mol. The van der Waals surface area contributed by atoms with Gasteiger partial charge in [0.1, 0.15) is 0 Å². The molecule has 2 aliphatic heterocycles. The molecular formula is C19H20N2O3. The molecule has 2 unspecified atom stereocenters. The van der Waals surface area contributed by atoms with Crippen molar-refractivity contribution in [2.45, 2.75) is 6.42 Å². The second-order valence-corrected chi connectivity index (χ2v) is 6.40. The minimum absolute atomic E-state index is 0.0296. The summed E-state index contributed by atoms with van der Waals surface area (Å²) in [7, 11) is 1.66. The molecule has 0 aromatic heterocycles. The summed E-state index contributed by atoms with van der Waals surface area (Å²) in [5.74, 6) is -0.502. The van der Waals surface area contributed by atoms with Crippen LogP contribution in [0.25, 0.3) is 0 Å². The molecule has 1 saturated heterocycles. The monoisotopic (exact) mass is 324 g/mol. The van der Waals surface area contributed by atoms with Gasteiger partial charge in [0.2, 0.25) is 0 Å². The van der Waals surface area contributed by atoms with Crippen molar-refractivity contribution in [1.82, 2.24) is 10.2 Å². The van der Waals surface area contributed by atoms with Gasteiger partial charge in [-0.2, -0.15) is 0 Å². The summed E-state index contributed by atoms with van der Waals surface area (Å²) >= 11 is 0. The Morgan fingerprint density at radius 1 is 1.21 bits per heavy atom. The first-order valence-electron chi connectivity index (χ1n) is 8.29. The zero-order valence-corrected chi connectivity index (χ0v) is 13.6. The van der Waals surface area contributed by atoms with E-state index in [1.165, 1.54) is 4.90 Å². The van der Waals surface area contributed by atoms with Crippen molar-refractivity contribution in [3.8, 4) is 0 Å². The summed E-state index contributed by atoms with van der Waals surface area (Å²) in [6.07, 6.45) is 12.3. The van der Waals surface area contributed by atoms with Gasteiger partial charge in [0.25, 0.3) is 11.8 Å². The van der Waals surface area contributed by atoms with Crippen molar-refractivity contribution in [3.63, 3.8) is 0 Å². The molecule has 0 aromatic carbocycles. The maximum absolute atomic E-state index is 13.0. The van der Waals surface area contributed by atoms with Crippen LogP contribution in [0.5, 0.6) is 0 Å². The third-order valence-corrected chi connectivity index (χ3v) is 5.07. The number of methoxy groups -OCH3 is 1. The molecule has 5 heteroatoms. The number of hydrogen-bond acceptors (Lipinski definition) is 4. The quantitative estimate of drug-likeness (QED) is 0.799. The van der Waals surface area contributed by atoms with E-state index < -0.39 is 0 Å². The minimum Gasteiger partial charge on any atom is -0.380 e. The fourth-order valence-electron chi connectivity index (χ4n) is 3.94. The Labute approximate surface area is 141 Å². The van der Waals surface area contributed by atoms with E-state index in [2.05, 4.69) is 11.4 Å². The highest BCUT2D eigenvalue weighted by molar-refractivity contribution is 6.17. The number of carbonyl (C=O) groups is 2. The highest BCUT2D eigenvalue weighted by Gasteiger charge is 2.47. The van der Waals surface area contributed by atoms with Gasteiger partial charge in [-0.3, -0.25) is 9.59 Å². The number of likely N-dealkylation sites (tertiary alicyclic amines) is 1. The van der Waals surface area contributed by atoms with Crippen LogP contribution in [0.1, 0.15) is 6.42 Å². The van der Waals surface area contributed by atoms with Gasteiger partial charge in [0, 0.05) is 55.3 Å². The third kappa shape index (κ3) is 2.24. The Hall–Kier alpha value is -2.24. The van der Waals surface area contributed by atoms with Gasteiger partial charge in [-0.1, -0.05) is 36.5 Å². The lowest BCUT2D eigenvalue weighted by Gasteiger charge is -2.41. The first kappa shape index (κ1) is 15.3. The summed E-state index contributed by atoms with van der Waals surface area (Å²) in [4.78, 5) is 27.4. The van der Waals surface area contributed by atoms with E-state index in [4.69, 9.17) is 4.74 Å². The Bertz CT molecular complexity index is 755. The number of nitrogens with zero attached hydrogens (tertiary/aromatic N) is 1. The largest absolute Gasteiger partial charge is 0.380 e. The average Bonchev–Trinajstić information content (AvgIpc) is 2.62. The Kier molecular flexibility index (Phi) is 3.82. The van der Waals surface area contributed by atoms with Crippen LogP contribution in [0.2, 0.25) is 0 Å². The van der Waals surface area contributed by atoms with Gasteiger partial charge in [0.05, 0.1) is 6.61 Å². The van der Waals surface area contributed by atoms with Crippen LogP contribution in [-0.2, 0) is 14.3 Å². The average molecular weight is 324 g/mol. The molecule has 4 rings (SSSR count). The number of imide groups is 1. The third-order valence-electron chi connectivity index (χ3n) is 5.07. The van der Waals surface area contributed by atoms with E-state index in [0.29, 0.717) is 30.7 Å². The van der Waals surface area contributed by atoms with Crippen molar-refractivity contribution in [1.29, 1.82) is 0 Å². The van der Waals surface area contributed by atoms with Crippen molar-refractivity contribution in [2.75, 3.05) is 26.8 Å². The first-order valence-corrected chi connectivity index (χ1v) is 8.29. The number of piperidine rings is 1. The summed E-state index contributed by atoms with van der Waals surface area (Å²) in [5, 5.41) is 3.21. The molecular weight excluding hydrogens is 304 g/mol. The van der Waals surface area contributed by atoms with Crippen LogP contribution in [-0.4, -0.2) is 43.5 Å². The van der Waals surface area contributed by atoms with Gasteiger partial charge in [-0.15, -0.1) is 0 Å². The van der Waals surface area contributed by atoms with Gasteiger partial charge < -0.3 is 10.1 Å². The van der Waals surface area contributed by atoms with Crippen LogP contribution in [0.15, 0.2) is 58.9 Å². The van der Waals surface area contributed by atoms with E-state index >= 15 is 0 Å². The molecule has 1 fully saturated rings. The highest BCUT2D eigenvalue weighted by atomic mass is 16.5. The van der Waals surface area contributed by atoms with Crippen LogP contribution in [0.4, 0.5) is 0 Å².